The Morgan fingerprint density at radius 3 is 2.57 bits per heavy atom. The van der Waals surface area contributed by atoms with Crippen LogP contribution in [0.5, 0.6) is 0 Å². The van der Waals surface area contributed by atoms with E-state index in [-0.39, 0.29) is 17.6 Å². The first kappa shape index (κ1) is 30.1. The Morgan fingerprint density at radius 1 is 1.26 bits per heavy atom. The van der Waals surface area contributed by atoms with Crippen LogP contribution in [-0.2, 0) is 28.6 Å². The van der Waals surface area contributed by atoms with Crippen LogP contribution < -0.4 is 5.32 Å². The SMILES string of the molecule is CC(=O)N[C@H]1C(C[C@H](O)CO)O[C@@](O)(C(=O)OC(C)OC(=O)CCCC[C@]2(C)CCSS2)C[C@H]1O. The third-order valence-corrected chi connectivity index (χ3v) is 9.29. The van der Waals surface area contributed by atoms with Crippen molar-refractivity contribution in [1.82, 2.24) is 5.32 Å². The van der Waals surface area contributed by atoms with Gasteiger partial charge in [-0.2, -0.15) is 0 Å². The van der Waals surface area contributed by atoms with E-state index in [1.54, 1.807) is 0 Å². The molecule has 2 unspecified atom stereocenters. The van der Waals surface area contributed by atoms with Gasteiger partial charge in [0.1, 0.15) is 0 Å². The number of aliphatic hydroxyl groups excluding tert-OH is 3. The first-order valence-corrected chi connectivity index (χ1v) is 14.0. The second kappa shape index (κ2) is 13.5. The summed E-state index contributed by atoms with van der Waals surface area (Å²) in [6.07, 6.45) is -2.32. The van der Waals surface area contributed by atoms with Crippen LogP contribution in [0.2, 0.25) is 0 Å². The lowest BCUT2D eigenvalue weighted by Crippen LogP contribution is -2.64. The van der Waals surface area contributed by atoms with E-state index in [9.17, 15) is 29.7 Å². The molecule has 2 fully saturated rings. The highest BCUT2D eigenvalue weighted by Crippen LogP contribution is 2.49. The molecule has 0 aromatic rings. The molecule has 2 rings (SSSR count). The van der Waals surface area contributed by atoms with Crippen LogP contribution in [0.1, 0.15) is 65.7 Å². The Hall–Kier alpha value is -1.09. The lowest BCUT2D eigenvalue weighted by atomic mass is 9.90. The molecule has 0 spiro atoms. The van der Waals surface area contributed by atoms with Gasteiger partial charge in [-0.25, -0.2) is 4.79 Å². The third kappa shape index (κ3) is 9.38. The van der Waals surface area contributed by atoms with Crippen molar-refractivity contribution in [3.05, 3.63) is 0 Å². The minimum absolute atomic E-state index is 0.161. The Bertz CT molecular complexity index is 735. The van der Waals surface area contributed by atoms with Crippen molar-refractivity contribution in [3.8, 4) is 0 Å². The summed E-state index contributed by atoms with van der Waals surface area (Å²) in [4.78, 5) is 36.2. The second-order valence-corrected chi connectivity index (χ2v) is 12.3. The largest absolute Gasteiger partial charge is 0.425 e. The average molecular weight is 540 g/mol. The molecular weight excluding hydrogens is 502 g/mol. The lowest BCUT2D eigenvalue weighted by molar-refractivity contribution is -0.290. The Balaban J connectivity index is 1.86. The molecule has 2 saturated heterocycles. The number of rotatable bonds is 12. The molecule has 0 saturated carbocycles. The van der Waals surface area contributed by atoms with Gasteiger partial charge in [0.15, 0.2) is 0 Å². The maximum atomic E-state index is 12.6. The highest BCUT2D eigenvalue weighted by molar-refractivity contribution is 8.77. The van der Waals surface area contributed by atoms with Crippen LogP contribution in [0.3, 0.4) is 0 Å². The molecule has 0 bridgehead atoms. The molecular formula is C22H37NO10S2. The number of carbonyl (C=O) groups is 3. The summed E-state index contributed by atoms with van der Waals surface area (Å²) in [7, 11) is 3.75. The highest BCUT2D eigenvalue weighted by atomic mass is 33.1. The summed E-state index contributed by atoms with van der Waals surface area (Å²) in [6.45, 7) is 4.12. The first-order valence-electron chi connectivity index (χ1n) is 11.7. The van der Waals surface area contributed by atoms with Crippen molar-refractivity contribution < 1.29 is 49.0 Å². The number of hydrogen-bond acceptors (Lipinski definition) is 12. The van der Waals surface area contributed by atoms with E-state index in [1.165, 1.54) is 13.8 Å². The van der Waals surface area contributed by atoms with Crippen LogP contribution >= 0.6 is 21.6 Å². The molecule has 2 heterocycles. The second-order valence-electron chi connectivity index (χ2n) is 9.29. The molecule has 2 aliphatic rings. The van der Waals surface area contributed by atoms with Gasteiger partial charge >= 0.3 is 11.9 Å². The third-order valence-electron chi connectivity index (χ3n) is 5.93. The van der Waals surface area contributed by atoms with Gasteiger partial charge in [0, 0.05) is 43.6 Å². The van der Waals surface area contributed by atoms with E-state index >= 15 is 0 Å². The monoisotopic (exact) mass is 539 g/mol. The minimum atomic E-state index is -2.61. The van der Waals surface area contributed by atoms with Gasteiger partial charge < -0.3 is 40.0 Å². The van der Waals surface area contributed by atoms with Crippen molar-refractivity contribution >= 4 is 39.4 Å². The molecule has 0 aromatic heterocycles. The molecule has 35 heavy (non-hydrogen) atoms. The van der Waals surface area contributed by atoms with E-state index in [0.717, 1.165) is 25.0 Å². The van der Waals surface area contributed by atoms with Gasteiger partial charge in [0.2, 0.25) is 12.2 Å². The van der Waals surface area contributed by atoms with E-state index in [0.29, 0.717) is 6.42 Å². The maximum absolute atomic E-state index is 12.6. The molecule has 13 heteroatoms. The zero-order valence-electron chi connectivity index (χ0n) is 20.3. The summed E-state index contributed by atoms with van der Waals surface area (Å²) in [5.41, 5.74) is 0. The molecule has 1 amide bonds. The summed E-state index contributed by atoms with van der Waals surface area (Å²) < 4.78 is 15.8. The number of hydrogen-bond donors (Lipinski definition) is 5. The van der Waals surface area contributed by atoms with Crippen molar-refractivity contribution in [2.45, 2.75) is 107 Å². The number of unbranched alkanes of at least 4 members (excludes halogenated alkanes) is 1. The van der Waals surface area contributed by atoms with E-state index in [1.807, 2.05) is 21.6 Å². The Labute approximate surface area is 213 Å². The number of nitrogens with one attached hydrogen (secondary N) is 1. The summed E-state index contributed by atoms with van der Waals surface area (Å²) in [6, 6.07) is -1.04. The van der Waals surface area contributed by atoms with Crippen LogP contribution in [-0.4, -0.2) is 91.8 Å². The van der Waals surface area contributed by atoms with Gasteiger partial charge in [-0.3, -0.25) is 9.59 Å². The van der Waals surface area contributed by atoms with E-state index < -0.39 is 67.3 Å². The molecule has 0 radical (unpaired) electrons. The molecule has 0 aliphatic carbocycles. The fraction of sp³-hybridized carbons (Fsp3) is 0.864. The first-order chi connectivity index (χ1) is 16.4. The molecule has 202 valence electrons. The molecule has 2 aliphatic heterocycles. The normalized spacial score (nSPS) is 32.5. The van der Waals surface area contributed by atoms with Crippen molar-refractivity contribution in [2.24, 2.45) is 0 Å². The van der Waals surface area contributed by atoms with Gasteiger partial charge in [0.25, 0.3) is 5.79 Å². The maximum Gasteiger partial charge on any atom is 0.369 e. The highest BCUT2D eigenvalue weighted by Gasteiger charge is 2.52. The quantitative estimate of drug-likeness (QED) is 0.101. The number of amides is 1. The average Bonchev–Trinajstić information content (AvgIpc) is 3.20. The number of carbonyl (C=O) groups excluding carboxylic acids is 3. The topological polar surface area (TPSA) is 172 Å². The summed E-state index contributed by atoms with van der Waals surface area (Å²) >= 11 is 0. The fourth-order valence-corrected chi connectivity index (χ4v) is 7.35. The zero-order valence-corrected chi connectivity index (χ0v) is 21.9. The smallest absolute Gasteiger partial charge is 0.369 e. The number of esters is 2. The van der Waals surface area contributed by atoms with Gasteiger partial charge in [0.05, 0.1) is 31.0 Å². The van der Waals surface area contributed by atoms with Gasteiger partial charge in [-0.1, -0.05) is 28.0 Å². The van der Waals surface area contributed by atoms with Crippen LogP contribution in [0.25, 0.3) is 0 Å². The molecule has 5 N–H and O–H groups in total. The van der Waals surface area contributed by atoms with Gasteiger partial charge in [-0.15, -0.1) is 0 Å². The van der Waals surface area contributed by atoms with Crippen molar-refractivity contribution in [3.63, 3.8) is 0 Å². The van der Waals surface area contributed by atoms with Crippen LogP contribution in [0, 0.1) is 0 Å². The predicted octanol–water partition coefficient (Wildman–Crippen LogP) is 0.609. The fourth-order valence-electron chi connectivity index (χ4n) is 4.05. The standard InChI is InChI=1S/C22H37NO10S2/c1-13(25)23-19-16(27)11-22(30,33-17(19)10-15(26)12-24)20(29)32-14(2)31-18(28)6-4-5-7-21(3)8-9-34-35-21/h14-17,19,24,26-27,30H,4-12H2,1-3H3,(H,23,25)/t14?,15-,16+,17?,19+,21+,22+/m0/s1. The molecule has 0 aromatic carbocycles. The Kier molecular flexibility index (Phi) is 11.6. The molecule has 11 nitrogen and oxygen atoms in total. The number of aliphatic hydroxyl groups is 4. The van der Waals surface area contributed by atoms with Crippen molar-refractivity contribution in [1.29, 1.82) is 0 Å². The predicted molar refractivity (Wildman–Crippen MR) is 129 cm³/mol. The minimum Gasteiger partial charge on any atom is -0.425 e. The zero-order chi connectivity index (χ0) is 26.2. The van der Waals surface area contributed by atoms with Gasteiger partial charge in [-0.05, 0) is 26.2 Å². The summed E-state index contributed by atoms with van der Waals surface area (Å²) in [5, 5.41) is 42.6. The Morgan fingerprint density at radius 2 is 1.97 bits per heavy atom. The lowest BCUT2D eigenvalue weighted by Gasteiger charge is -2.43. The summed E-state index contributed by atoms with van der Waals surface area (Å²) in [5.74, 6) is -3.80. The van der Waals surface area contributed by atoms with E-state index in [2.05, 4.69) is 12.2 Å². The van der Waals surface area contributed by atoms with Crippen LogP contribution in [0.4, 0.5) is 0 Å². The van der Waals surface area contributed by atoms with E-state index in [4.69, 9.17) is 19.3 Å². The number of ether oxygens (including phenoxy) is 3. The van der Waals surface area contributed by atoms with Crippen molar-refractivity contribution in [2.75, 3.05) is 12.4 Å². The van der Waals surface area contributed by atoms with Crippen LogP contribution in [0.15, 0.2) is 0 Å². The molecule has 7 atom stereocenters.